The molecule has 9 heteroatoms. The van der Waals surface area contributed by atoms with E-state index in [0.717, 1.165) is 0 Å². The van der Waals surface area contributed by atoms with Crippen LogP contribution in [0.25, 0.3) is 0 Å². The van der Waals surface area contributed by atoms with Crippen molar-refractivity contribution in [3.05, 3.63) is 66.7 Å². The number of hydrogen-bond acceptors (Lipinski definition) is 6. The predicted molar refractivity (Wildman–Crippen MR) is 82.8 cm³/mol. The number of halogens is 1. The number of phenolic OH excluding ortho intramolecular Hbond substituents is 1. The Kier molecular flexibility index (Phi) is 4.47. The number of aromatic hydroxyl groups is 1. The van der Waals surface area contributed by atoms with Crippen LogP contribution in [0.1, 0.15) is 5.56 Å². The lowest BCUT2D eigenvalue weighted by Crippen LogP contribution is -1.92. The molecule has 2 aromatic carbocycles. The molecule has 0 unspecified atom stereocenters. The van der Waals surface area contributed by atoms with Crippen LogP contribution in [0.4, 0.5) is 17.1 Å². The standard InChI is InChI=1S/C13H8BrN3O5/c14-9-5-8(13(18)12(6-9)17(21)22)7-15-10-1-3-11(4-2-10)16(19)20/h1-7,18H/b15-7+. The summed E-state index contributed by atoms with van der Waals surface area (Å²) >= 11 is 3.11. The van der Waals surface area contributed by atoms with Gasteiger partial charge in [0.15, 0.2) is 0 Å². The molecule has 22 heavy (non-hydrogen) atoms. The SMILES string of the molecule is O=[N+]([O-])c1ccc(/N=C/c2cc(Br)cc([N+](=O)[O-])c2O)cc1. The zero-order chi connectivity index (χ0) is 16.3. The third kappa shape index (κ3) is 3.44. The number of hydrogen-bond donors (Lipinski definition) is 1. The Labute approximate surface area is 132 Å². The largest absolute Gasteiger partial charge is 0.502 e. The first-order valence-electron chi connectivity index (χ1n) is 5.84. The molecule has 0 aliphatic carbocycles. The molecule has 0 saturated carbocycles. The fraction of sp³-hybridized carbons (Fsp3) is 0. The van der Waals surface area contributed by atoms with E-state index < -0.39 is 21.3 Å². The molecule has 8 nitrogen and oxygen atoms in total. The third-order valence-corrected chi connectivity index (χ3v) is 3.15. The van der Waals surface area contributed by atoms with E-state index in [-0.39, 0.29) is 11.3 Å². The minimum atomic E-state index is -0.705. The molecule has 2 aromatic rings. The minimum absolute atomic E-state index is 0.0695. The number of phenols is 1. The van der Waals surface area contributed by atoms with Crippen LogP contribution in [0, 0.1) is 20.2 Å². The molecule has 0 aliphatic heterocycles. The van der Waals surface area contributed by atoms with Crippen LogP contribution in [-0.4, -0.2) is 21.2 Å². The minimum Gasteiger partial charge on any atom is -0.502 e. The van der Waals surface area contributed by atoms with E-state index >= 15 is 0 Å². The lowest BCUT2D eigenvalue weighted by atomic mass is 10.2. The van der Waals surface area contributed by atoms with Crippen molar-refractivity contribution in [1.82, 2.24) is 0 Å². The van der Waals surface area contributed by atoms with Gasteiger partial charge in [0, 0.05) is 34.4 Å². The lowest BCUT2D eigenvalue weighted by Gasteiger charge is -2.01. The van der Waals surface area contributed by atoms with Gasteiger partial charge in [-0.3, -0.25) is 25.2 Å². The highest BCUT2D eigenvalue weighted by atomic mass is 79.9. The van der Waals surface area contributed by atoms with Crippen LogP contribution in [0.2, 0.25) is 0 Å². The zero-order valence-electron chi connectivity index (χ0n) is 10.8. The predicted octanol–water partition coefficient (Wildman–Crippen LogP) is 3.72. The Balaban J connectivity index is 2.34. The number of nitro groups is 2. The van der Waals surface area contributed by atoms with Crippen LogP contribution in [0.5, 0.6) is 5.75 Å². The zero-order valence-corrected chi connectivity index (χ0v) is 12.4. The van der Waals surface area contributed by atoms with E-state index in [9.17, 15) is 25.3 Å². The Bertz CT molecular complexity index is 774. The smallest absolute Gasteiger partial charge is 0.312 e. The fourth-order valence-corrected chi connectivity index (χ4v) is 2.11. The van der Waals surface area contributed by atoms with Crippen molar-refractivity contribution in [1.29, 1.82) is 0 Å². The Morgan fingerprint density at radius 2 is 1.73 bits per heavy atom. The molecule has 0 spiro atoms. The van der Waals surface area contributed by atoms with Crippen molar-refractivity contribution in [2.45, 2.75) is 0 Å². The average Bonchev–Trinajstić information content (AvgIpc) is 2.47. The van der Waals surface area contributed by atoms with Crippen molar-refractivity contribution in [3.63, 3.8) is 0 Å². The number of aliphatic imine (C=N–C) groups is 1. The second kappa shape index (κ2) is 6.31. The van der Waals surface area contributed by atoms with E-state index in [4.69, 9.17) is 0 Å². The Morgan fingerprint density at radius 1 is 1.09 bits per heavy atom. The van der Waals surface area contributed by atoms with Crippen LogP contribution >= 0.6 is 15.9 Å². The van der Waals surface area contributed by atoms with Gasteiger partial charge in [-0.2, -0.15) is 0 Å². The summed E-state index contributed by atoms with van der Waals surface area (Å²) in [6, 6.07) is 8.08. The van der Waals surface area contributed by atoms with Gasteiger partial charge in [-0.1, -0.05) is 15.9 Å². The van der Waals surface area contributed by atoms with Crippen LogP contribution in [0.3, 0.4) is 0 Å². The normalized spacial score (nSPS) is 10.8. The van der Waals surface area contributed by atoms with Gasteiger partial charge in [-0.25, -0.2) is 0 Å². The Morgan fingerprint density at radius 3 is 2.27 bits per heavy atom. The summed E-state index contributed by atoms with van der Waals surface area (Å²) in [7, 11) is 0. The highest BCUT2D eigenvalue weighted by molar-refractivity contribution is 9.10. The van der Waals surface area contributed by atoms with Crippen molar-refractivity contribution in [2.75, 3.05) is 0 Å². The van der Waals surface area contributed by atoms with Crippen LogP contribution < -0.4 is 0 Å². The van der Waals surface area contributed by atoms with Crippen LogP contribution in [0.15, 0.2) is 45.9 Å². The maximum atomic E-state index is 10.8. The van der Waals surface area contributed by atoms with Gasteiger partial charge in [0.2, 0.25) is 5.75 Å². The molecular weight excluding hydrogens is 358 g/mol. The van der Waals surface area contributed by atoms with Crippen molar-refractivity contribution in [2.24, 2.45) is 4.99 Å². The van der Waals surface area contributed by atoms with Gasteiger partial charge >= 0.3 is 5.69 Å². The van der Waals surface area contributed by atoms with Crippen molar-refractivity contribution in [3.8, 4) is 5.75 Å². The molecular formula is C13H8BrN3O5. The molecule has 112 valence electrons. The molecule has 0 bridgehead atoms. The van der Waals surface area contributed by atoms with Gasteiger partial charge in [0.25, 0.3) is 5.69 Å². The highest BCUT2D eigenvalue weighted by Crippen LogP contribution is 2.32. The number of benzene rings is 2. The molecule has 0 aliphatic rings. The molecule has 0 saturated heterocycles. The maximum absolute atomic E-state index is 10.8. The topological polar surface area (TPSA) is 119 Å². The van der Waals surface area contributed by atoms with Crippen molar-refractivity contribution < 1.29 is 15.0 Å². The molecule has 0 aromatic heterocycles. The van der Waals surface area contributed by atoms with Gasteiger partial charge in [-0.05, 0) is 18.2 Å². The van der Waals surface area contributed by atoms with E-state index in [1.807, 2.05) is 0 Å². The van der Waals surface area contributed by atoms with Gasteiger partial charge in [-0.15, -0.1) is 0 Å². The average molecular weight is 366 g/mol. The first kappa shape index (κ1) is 15.6. The summed E-state index contributed by atoms with van der Waals surface area (Å²) in [5, 5.41) is 31.2. The monoisotopic (exact) mass is 365 g/mol. The molecule has 0 radical (unpaired) electrons. The molecule has 0 heterocycles. The summed E-state index contributed by atoms with van der Waals surface area (Å²) in [5.74, 6) is -0.501. The number of non-ortho nitro benzene ring substituents is 1. The molecule has 0 atom stereocenters. The summed E-state index contributed by atoms with van der Waals surface area (Å²) in [6.45, 7) is 0. The number of rotatable bonds is 4. The summed E-state index contributed by atoms with van der Waals surface area (Å²) in [6.07, 6.45) is 1.24. The van der Waals surface area contributed by atoms with Gasteiger partial charge in [0.05, 0.1) is 15.5 Å². The van der Waals surface area contributed by atoms with E-state index in [1.165, 1.54) is 42.6 Å². The van der Waals surface area contributed by atoms with Crippen molar-refractivity contribution >= 4 is 39.2 Å². The summed E-state index contributed by atoms with van der Waals surface area (Å²) < 4.78 is 0.419. The van der Waals surface area contributed by atoms with E-state index in [0.29, 0.717) is 10.2 Å². The second-order valence-electron chi connectivity index (χ2n) is 4.15. The quantitative estimate of drug-likeness (QED) is 0.502. The van der Waals surface area contributed by atoms with Crippen LogP contribution in [-0.2, 0) is 0 Å². The summed E-state index contributed by atoms with van der Waals surface area (Å²) in [4.78, 5) is 24.2. The molecule has 2 rings (SSSR count). The fourth-order valence-electron chi connectivity index (χ4n) is 1.65. The number of nitrogens with zero attached hydrogens (tertiary/aromatic N) is 3. The second-order valence-corrected chi connectivity index (χ2v) is 5.07. The lowest BCUT2D eigenvalue weighted by molar-refractivity contribution is -0.386. The first-order chi connectivity index (χ1) is 10.4. The summed E-state index contributed by atoms with van der Waals surface area (Å²) in [5.41, 5.74) is 0.0477. The third-order valence-electron chi connectivity index (χ3n) is 2.69. The van der Waals surface area contributed by atoms with Gasteiger partial charge < -0.3 is 5.11 Å². The van der Waals surface area contributed by atoms with Gasteiger partial charge in [0.1, 0.15) is 0 Å². The van der Waals surface area contributed by atoms with E-state index in [1.54, 1.807) is 0 Å². The molecule has 1 N–H and O–H groups in total. The molecule has 0 amide bonds. The Hall–Kier alpha value is -2.81. The molecule has 0 fully saturated rings. The first-order valence-corrected chi connectivity index (χ1v) is 6.63. The highest BCUT2D eigenvalue weighted by Gasteiger charge is 2.17. The van der Waals surface area contributed by atoms with E-state index in [2.05, 4.69) is 20.9 Å². The maximum Gasteiger partial charge on any atom is 0.312 e. The number of nitro benzene ring substituents is 2.